The molecule has 0 heterocycles. The fourth-order valence-electron chi connectivity index (χ4n) is 3.01. The molecule has 0 aromatic heterocycles. The quantitative estimate of drug-likeness (QED) is 0.842. The first kappa shape index (κ1) is 15.3. The molecule has 2 rings (SSSR count). The third-order valence-electron chi connectivity index (χ3n) is 4.41. The van der Waals surface area contributed by atoms with Gasteiger partial charge in [0, 0.05) is 12.6 Å². The largest absolute Gasteiger partial charge is 0.494 e. The third-order valence-corrected chi connectivity index (χ3v) is 4.41. The molecular weight excluding hydrogens is 257 g/mol. The monoisotopic (exact) mass is 281 g/mol. The smallest absolute Gasteiger partial charge is 0.165 e. The molecule has 1 aromatic carbocycles. The van der Waals surface area contributed by atoms with Crippen molar-refractivity contribution in [3.05, 3.63) is 29.6 Å². The van der Waals surface area contributed by atoms with E-state index in [0.717, 1.165) is 18.5 Å². The van der Waals surface area contributed by atoms with Crippen molar-refractivity contribution in [1.82, 2.24) is 5.32 Å². The number of ether oxygens (including phenoxy) is 1. The van der Waals surface area contributed by atoms with E-state index in [1.165, 1.54) is 26.0 Å². The highest BCUT2D eigenvalue weighted by Gasteiger charge is 2.26. The van der Waals surface area contributed by atoms with E-state index in [4.69, 9.17) is 4.74 Å². The molecule has 3 unspecified atom stereocenters. The Balaban J connectivity index is 1.93. The Hall–Kier alpha value is -1.13. The van der Waals surface area contributed by atoms with E-state index in [1.807, 2.05) is 0 Å². The van der Waals surface area contributed by atoms with Gasteiger partial charge in [-0.3, -0.25) is 0 Å². The minimum Gasteiger partial charge on any atom is -0.494 e. The molecule has 0 spiro atoms. The van der Waals surface area contributed by atoms with E-state index in [9.17, 15) is 9.50 Å². The Bertz CT molecular complexity index is 438. The van der Waals surface area contributed by atoms with Crippen molar-refractivity contribution in [2.45, 2.75) is 32.2 Å². The molecule has 20 heavy (non-hydrogen) atoms. The van der Waals surface area contributed by atoms with Crippen LogP contribution in [0.25, 0.3) is 0 Å². The van der Waals surface area contributed by atoms with E-state index in [2.05, 4.69) is 12.2 Å². The second kappa shape index (κ2) is 7.04. The molecule has 0 bridgehead atoms. The highest BCUT2D eigenvalue weighted by molar-refractivity contribution is 5.31. The zero-order chi connectivity index (χ0) is 14.5. The van der Waals surface area contributed by atoms with Crippen molar-refractivity contribution in [3.8, 4) is 5.75 Å². The van der Waals surface area contributed by atoms with Crippen LogP contribution in [0.1, 0.15) is 37.8 Å². The van der Waals surface area contributed by atoms with E-state index in [0.29, 0.717) is 11.8 Å². The van der Waals surface area contributed by atoms with Gasteiger partial charge in [0.1, 0.15) is 0 Å². The SMILES string of the molecule is COc1cc(C(C)NCC2CCCC2CO)ccc1F. The molecule has 4 heteroatoms. The summed E-state index contributed by atoms with van der Waals surface area (Å²) in [5.41, 5.74) is 1.02. The Morgan fingerprint density at radius 3 is 2.85 bits per heavy atom. The van der Waals surface area contributed by atoms with Crippen LogP contribution in [0.3, 0.4) is 0 Å². The Labute approximate surface area is 120 Å². The summed E-state index contributed by atoms with van der Waals surface area (Å²) in [6.07, 6.45) is 3.51. The highest BCUT2D eigenvalue weighted by Crippen LogP contribution is 2.31. The molecule has 0 radical (unpaired) electrons. The summed E-state index contributed by atoms with van der Waals surface area (Å²) in [4.78, 5) is 0. The summed E-state index contributed by atoms with van der Waals surface area (Å²) in [5.74, 6) is 0.923. The van der Waals surface area contributed by atoms with Crippen molar-refractivity contribution in [2.75, 3.05) is 20.3 Å². The van der Waals surface area contributed by atoms with Gasteiger partial charge < -0.3 is 15.2 Å². The molecule has 2 N–H and O–H groups in total. The van der Waals surface area contributed by atoms with Gasteiger partial charge in [0.2, 0.25) is 0 Å². The molecule has 3 nitrogen and oxygen atoms in total. The molecule has 0 amide bonds. The Kier molecular flexibility index (Phi) is 5.38. The lowest BCUT2D eigenvalue weighted by Crippen LogP contribution is -2.28. The number of rotatable bonds is 6. The van der Waals surface area contributed by atoms with Gasteiger partial charge in [-0.2, -0.15) is 0 Å². The van der Waals surface area contributed by atoms with E-state index < -0.39 is 0 Å². The lowest BCUT2D eigenvalue weighted by atomic mass is 9.96. The van der Waals surface area contributed by atoms with E-state index in [1.54, 1.807) is 12.1 Å². The predicted molar refractivity (Wildman–Crippen MR) is 77.3 cm³/mol. The first-order valence-electron chi connectivity index (χ1n) is 7.33. The van der Waals surface area contributed by atoms with Gasteiger partial charge in [-0.15, -0.1) is 0 Å². The zero-order valence-corrected chi connectivity index (χ0v) is 12.2. The van der Waals surface area contributed by atoms with Crippen molar-refractivity contribution < 1.29 is 14.2 Å². The third kappa shape index (κ3) is 3.49. The van der Waals surface area contributed by atoms with Crippen molar-refractivity contribution in [2.24, 2.45) is 11.8 Å². The van der Waals surface area contributed by atoms with Gasteiger partial charge in [-0.25, -0.2) is 4.39 Å². The van der Waals surface area contributed by atoms with Crippen LogP contribution in [0.2, 0.25) is 0 Å². The maximum Gasteiger partial charge on any atom is 0.165 e. The van der Waals surface area contributed by atoms with Crippen LogP contribution in [-0.2, 0) is 0 Å². The number of hydrogen-bond acceptors (Lipinski definition) is 3. The standard InChI is InChI=1S/C16H24FNO2/c1-11(12-6-7-15(17)16(8-12)20-2)18-9-13-4-3-5-14(13)10-19/h6-8,11,13-14,18-19H,3-5,9-10H2,1-2H3. The molecule has 1 aliphatic rings. The van der Waals surface area contributed by atoms with E-state index in [-0.39, 0.29) is 24.2 Å². The molecule has 112 valence electrons. The molecule has 1 aromatic rings. The van der Waals surface area contributed by atoms with Crippen LogP contribution >= 0.6 is 0 Å². The number of nitrogens with one attached hydrogen (secondary N) is 1. The molecule has 3 atom stereocenters. The Morgan fingerprint density at radius 1 is 1.40 bits per heavy atom. The molecule has 0 saturated heterocycles. The van der Waals surface area contributed by atoms with Crippen LogP contribution in [0.5, 0.6) is 5.75 Å². The second-order valence-corrected chi connectivity index (χ2v) is 5.66. The molecule has 1 aliphatic carbocycles. The fraction of sp³-hybridized carbons (Fsp3) is 0.625. The molecular formula is C16H24FNO2. The van der Waals surface area contributed by atoms with Gasteiger partial charge in [-0.05, 0) is 55.8 Å². The lowest BCUT2D eigenvalue weighted by Gasteiger charge is -2.21. The number of halogens is 1. The number of hydrogen-bond donors (Lipinski definition) is 2. The topological polar surface area (TPSA) is 41.5 Å². The summed E-state index contributed by atoms with van der Waals surface area (Å²) in [7, 11) is 1.48. The van der Waals surface area contributed by atoms with Gasteiger partial charge in [0.25, 0.3) is 0 Å². The first-order valence-corrected chi connectivity index (χ1v) is 7.33. The predicted octanol–water partition coefficient (Wildman–Crippen LogP) is 2.89. The maximum atomic E-state index is 13.4. The first-order chi connectivity index (χ1) is 9.65. The maximum absolute atomic E-state index is 13.4. The van der Waals surface area contributed by atoms with Crippen LogP contribution < -0.4 is 10.1 Å². The summed E-state index contributed by atoms with van der Waals surface area (Å²) in [6, 6.07) is 5.11. The normalized spacial score (nSPS) is 23.8. The van der Waals surface area contributed by atoms with Crippen molar-refractivity contribution in [1.29, 1.82) is 0 Å². The highest BCUT2D eigenvalue weighted by atomic mass is 19.1. The summed E-state index contributed by atoms with van der Waals surface area (Å²) in [6.45, 7) is 3.24. The van der Waals surface area contributed by atoms with Crippen molar-refractivity contribution >= 4 is 0 Å². The average Bonchev–Trinajstić information content (AvgIpc) is 2.92. The zero-order valence-electron chi connectivity index (χ0n) is 12.2. The van der Waals surface area contributed by atoms with Gasteiger partial charge >= 0.3 is 0 Å². The minimum atomic E-state index is -0.334. The average molecular weight is 281 g/mol. The number of aliphatic hydroxyl groups excluding tert-OH is 1. The van der Waals surface area contributed by atoms with E-state index >= 15 is 0 Å². The van der Waals surface area contributed by atoms with Crippen LogP contribution in [0, 0.1) is 17.7 Å². The molecule has 0 aliphatic heterocycles. The minimum absolute atomic E-state index is 0.143. The van der Waals surface area contributed by atoms with Crippen LogP contribution in [-0.4, -0.2) is 25.4 Å². The summed E-state index contributed by atoms with van der Waals surface area (Å²) in [5, 5.41) is 12.8. The summed E-state index contributed by atoms with van der Waals surface area (Å²) >= 11 is 0. The summed E-state index contributed by atoms with van der Waals surface area (Å²) < 4.78 is 18.4. The van der Waals surface area contributed by atoms with Gasteiger partial charge in [0.15, 0.2) is 11.6 Å². The van der Waals surface area contributed by atoms with Crippen molar-refractivity contribution in [3.63, 3.8) is 0 Å². The van der Waals surface area contributed by atoms with Crippen LogP contribution in [0.15, 0.2) is 18.2 Å². The van der Waals surface area contributed by atoms with Crippen LogP contribution in [0.4, 0.5) is 4.39 Å². The lowest BCUT2D eigenvalue weighted by molar-refractivity contribution is 0.190. The number of aliphatic hydroxyl groups is 1. The number of methoxy groups -OCH3 is 1. The second-order valence-electron chi connectivity index (χ2n) is 5.66. The number of benzene rings is 1. The molecule has 1 fully saturated rings. The Morgan fingerprint density at radius 2 is 2.15 bits per heavy atom. The van der Waals surface area contributed by atoms with Gasteiger partial charge in [-0.1, -0.05) is 12.5 Å². The fourth-order valence-corrected chi connectivity index (χ4v) is 3.01. The molecule has 1 saturated carbocycles. The van der Waals surface area contributed by atoms with Gasteiger partial charge in [0.05, 0.1) is 7.11 Å².